The van der Waals surface area contributed by atoms with Gasteiger partial charge in [-0.3, -0.25) is 4.40 Å². The van der Waals surface area contributed by atoms with E-state index in [1.807, 2.05) is 0 Å². The number of para-hydroxylation sites is 1. The average molecular weight is 391 g/mol. The maximum absolute atomic E-state index is 5.35. The second-order valence-corrected chi connectivity index (χ2v) is 9.78. The molecule has 3 heterocycles. The Morgan fingerprint density at radius 2 is 1.43 bits per heavy atom. The van der Waals surface area contributed by atoms with Gasteiger partial charge in [-0.25, -0.2) is 4.98 Å². The Morgan fingerprint density at radius 1 is 0.733 bits per heavy atom. The van der Waals surface area contributed by atoms with Gasteiger partial charge in [0.15, 0.2) is 0 Å². The van der Waals surface area contributed by atoms with E-state index in [0.717, 1.165) is 11.3 Å². The molecule has 0 saturated carbocycles. The zero-order chi connectivity index (χ0) is 20.8. The van der Waals surface area contributed by atoms with E-state index in [2.05, 4.69) is 106 Å². The summed E-state index contributed by atoms with van der Waals surface area (Å²) in [4.78, 5) is 5.35. The number of hydrogen-bond acceptors (Lipinski definition) is 1. The summed E-state index contributed by atoms with van der Waals surface area (Å²) in [7, 11) is 0. The normalized spacial score (nSPS) is 16.7. The molecule has 2 nitrogen and oxygen atoms in total. The predicted molar refractivity (Wildman–Crippen MR) is 126 cm³/mol. The third kappa shape index (κ3) is 1.92. The summed E-state index contributed by atoms with van der Waals surface area (Å²) < 4.78 is 2.48. The first-order valence-corrected chi connectivity index (χ1v) is 10.8. The van der Waals surface area contributed by atoms with Crippen molar-refractivity contribution in [2.45, 2.75) is 45.4 Å². The van der Waals surface area contributed by atoms with Crippen LogP contribution in [0.2, 0.25) is 0 Å². The molecule has 0 unspecified atom stereocenters. The molecule has 0 radical (unpaired) electrons. The Kier molecular flexibility index (Phi) is 3.25. The molecule has 2 aromatic heterocycles. The highest BCUT2D eigenvalue weighted by atomic mass is 15.1. The van der Waals surface area contributed by atoms with Crippen LogP contribution < -0.4 is 0 Å². The zero-order valence-electron chi connectivity index (χ0n) is 18.2. The van der Waals surface area contributed by atoms with Crippen LogP contribution in [0.4, 0.5) is 0 Å². The summed E-state index contributed by atoms with van der Waals surface area (Å²) in [6, 6.07) is 24.1. The summed E-state index contributed by atoms with van der Waals surface area (Å²) in [5.41, 5.74) is 8.59. The molecular formula is C28H26N2. The number of aromatic nitrogens is 2. The van der Waals surface area contributed by atoms with Crippen LogP contribution in [0.1, 0.15) is 44.5 Å². The Bertz CT molecular complexity index is 1480. The Morgan fingerprint density at radius 3 is 2.20 bits per heavy atom. The molecule has 1 aliphatic heterocycles. The van der Waals surface area contributed by atoms with Crippen LogP contribution in [-0.4, -0.2) is 9.38 Å². The monoisotopic (exact) mass is 390 g/mol. The van der Waals surface area contributed by atoms with Crippen molar-refractivity contribution in [2.24, 2.45) is 0 Å². The molecule has 0 atom stereocenters. The van der Waals surface area contributed by atoms with Crippen LogP contribution in [0, 0.1) is 6.92 Å². The fourth-order valence-electron chi connectivity index (χ4n) is 5.51. The molecule has 2 heteroatoms. The summed E-state index contributed by atoms with van der Waals surface area (Å²) in [5, 5.41) is 3.88. The second kappa shape index (κ2) is 5.51. The van der Waals surface area contributed by atoms with Gasteiger partial charge < -0.3 is 0 Å². The topological polar surface area (TPSA) is 17.3 Å². The van der Waals surface area contributed by atoms with E-state index < -0.39 is 0 Å². The van der Waals surface area contributed by atoms with Gasteiger partial charge in [0.1, 0.15) is 5.65 Å². The third-order valence-corrected chi connectivity index (χ3v) is 7.80. The number of aryl methyl sites for hydroxylation is 1. The van der Waals surface area contributed by atoms with Gasteiger partial charge in [-0.15, -0.1) is 0 Å². The fourth-order valence-corrected chi connectivity index (χ4v) is 5.51. The van der Waals surface area contributed by atoms with E-state index in [-0.39, 0.29) is 10.8 Å². The number of fused-ring (bicyclic) bond motifs is 3. The minimum absolute atomic E-state index is 0.0312. The molecule has 0 spiro atoms. The van der Waals surface area contributed by atoms with Crippen LogP contribution in [0.3, 0.4) is 0 Å². The maximum atomic E-state index is 5.35. The van der Waals surface area contributed by atoms with E-state index in [4.69, 9.17) is 4.98 Å². The van der Waals surface area contributed by atoms with E-state index in [9.17, 15) is 0 Å². The van der Waals surface area contributed by atoms with Crippen molar-refractivity contribution in [3.8, 4) is 11.3 Å². The first-order valence-electron chi connectivity index (χ1n) is 10.8. The first-order chi connectivity index (χ1) is 14.3. The lowest BCUT2D eigenvalue weighted by Gasteiger charge is -2.46. The summed E-state index contributed by atoms with van der Waals surface area (Å²) in [6.07, 6.45) is 0. The van der Waals surface area contributed by atoms with Crippen LogP contribution in [0.15, 0.2) is 66.7 Å². The SMILES string of the molecule is Cc1cccc2c3cccc4c3n3c(c(-c5ccccc5)nc3c12)C(C)(C)C4(C)C. The van der Waals surface area contributed by atoms with Crippen molar-refractivity contribution in [1.29, 1.82) is 0 Å². The molecule has 0 N–H and O–H groups in total. The molecule has 0 amide bonds. The lowest BCUT2D eigenvalue weighted by atomic mass is 9.60. The maximum Gasteiger partial charge on any atom is 0.146 e. The minimum atomic E-state index is -0.0881. The summed E-state index contributed by atoms with van der Waals surface area (Å²) >= 11 is 0. The van der Waals surface area contributed by atoms with Gasteiger partial charge in [0.2, 0.25) is 0 Å². The van der Waals surface area contributed by atoms with E-state index >= 15 is 0 Å². The van der Waals surface area contributed by atoms with Gasteiger partial charge in [0.05, 0.1) is 16.9 Å². The highest BCUT2D eigenvalue weighted by Gasteiger charge is 2.48. The molecule has 0 saturated heterocycles. The van der Waals surface area contributed by atoms with Crippen molar-refractivity contribution >= 4 is 27.3 Å². The second-order valence-electron chi connectivity index (χ2n) is 9.78. The molecule has 3 aromatic carbocycles. The first kappa shape index (κ1) is 17.7. The number of nitrogens with zero attached hydrogens (tertiary/aromatic N) is 2. The van der Waals surface area contributed by atoms with Crippen LogP contribution in [0.25, 0.3) is 38.6 Å². The molecule has 1 aliphatic rings. The number of hydrogen-bond donors (Lipinski definition) is 0. The lowest BCUT2D eigenvalue weighted by Crippen LogP contribution is -2.44. The van der Waals surface area contributed by atoms with E-state index in [0.29, 0.717) is 0 Å². The lowest BCUT2D eigenvalue weighted by molar-refractivity contribution is 0.289. The standard InChI is InChI=1S/C28H26N2/c1-17-11-9-14-19-20-15-10-16-21-24(20)30-25(28(4,5)27(21,2)3)23(29-26(30)22(17)19)18-12-7-6-8-13-18/h6-16H,1-5H3. The van der Waals surface area contributed by atoms with Gasteiger partial charge in [0, 0.05) is 27.2 Å². The largest absolute Gasteiger partial charge is 0.295 e. The number of pyridine rings is 1. The summed E-state index contributed by atoms with van der Waals surface area (Å²) in [6.45, 7) is 11.7. The van der Waals surface area contributed by atoms with Crippen molar-refractivity contribution in [2.75, 3.05) is 0 Å². The molecule has 0 aliphatic carbocycles. The van der Waals surface area contributed by atoms with E-state index in [1.165, 1.54) is 44.1 Å². The van der Waals surface area contributed by atoms with Crippen LogP contribution >= 0.6 is 0 Å². The molecule has 30 heavy (non-hydrogen) atoms. The molecular weight excluding hydrogens is 364 g/mol. The van der Waals surface area contributed by atoms with Gasteiger partial charge in [-0.2, -0.15) is 0 Å². The third-order valence-electron chi connectivity index (χ3n) is 7.80. The van der Waals surface area contributed by atoms with Crippen molar-refractivity contribution in [3.05, 3.63) is 83.6 Å². The minimum Gasteiger partial charge on any atom is -0.295 e. The smallest absolute Gasteiger partial charge is 0.146 e. The molecule has 148 valence electrons. The van der Waals surface area contributed by atoms with Crippen LogP contribution in [0.5, 0.6) is 0 Å². The highest BCUT2D eigenvalue weighted by Crippen LogP contribution is 2.53. The van der Waals surface area contributed by atoms with E-state index in [1.54, 1.807) is 0 Å². The van der Waals surface area contributed by atoms with Gasteiger partial charge in [-0.1, -0.05) is 94.4 Å². The Labute approximate surface area is 177 Å². The van der Waals surface area contributed by atoms with Crippen molar-refractivity contribution in [1.82, 2.24) is 9.38 Å². The van der Waals surface area contributed by atoms with Gasteiger partial charge >= 0.3 is 0 Å². The summed E-state index contributed by atoms with van der Waals surface area (Å²) in [5.74, 6) is 0. The zero-order valence-corrected chi connectivity index (χ0v) is 18.2. The highest BCUT2D eigenvalue weighted by molar-refractivity contribution is 6.14. The fraction of sp³-hybridized carbons (Fsp3) is 0.250. The quantitative estimate of drug-likeness (QED) is 0.277. The Hall–Kier alpha value is -3.13. The van der Waals surface area contributed by atoms with Crippen molar-refractivity contribution < 1.29 is 0 Å². The van der Waals surface area contributed by atoms with Gasteiger partial charge in [0.25, 0.3) is 0 Å². The van der Waals surface area contributed by atoms with Gasteiger partial charge in [-0.05, 0) is 23.4 Å². The van der Waals surface area contributed by atoms with Crippen LogP contribution in [-0.2, 0) is 10.8 Å². The predicted octanol–water partition coefficient (Wildman–Crippen LogP) is 7.18. The average Bonchev–Trinajstić information content (AvgIpc) is 3.14. The van der Waals surface area contributed by atoms with Crippen molar-refractivity contribution in [3.63, 3.8) is 0 Å². The number of benzene rings is 3. The molecule has 5 aromatic rings. The Balaban J connectivity index is 1.99. The number of imidazole rings is 1. The molecule has 0 fully saturated rings. The molecule has 0 bridgehead atoms. The molecule has 6 rings (SSSR count). The number of rotatable bonds is 1.